The van der Waals surface area contributed by atoms with Gasteiger partial charge in [-0.15, -0.1) is 0 Å². The molecule has 1 aliphatic carbocycles. The van der Waals surface area contributed by atoms with Gasteiger partial charge in [-0.2, -0.15) is 0 Å². The van der Waals surface area contributed by atoms with Gasteiger partial charge < -0.3 is 10.2 Å². The molecule has 1 N–H and O–H groups in total. The highest BCUT2D eigenvalue weighted by Gasteiger charge is 2.38. The van der Waals surface area contributed by atoms with E-state index >= 15 is 0 Å². The molecule has 1 aromatic carbocycles. The molecule has 2 saturated heterocycles. The summed E-state index contributed by atoms with van der Waals surface area (Å²) in [6.45, 7) is 8.09. The molecule has 3 aliphatic rings. The molecule has 6 nitrogen and oxygen atoms in total. The maximum absolute atomic E-state index is 13.1. The van der Waals surface area contributed by atoms with E-state index in [2.05, 4.69) is 50.3 Å². The number of hydrogen-bond acceptors (Lipinski definition) is 4. The van der Waals surface area contributed by atoms with Gasteiger partial charge in [-0.1, -0.05) is 30.3 Å². The number of carbonyl (C=O) groups is 2. The predicted molar refractivity (Wildman–Crippen MR) is 123 cm³/mol. The summed E-state index contributed by atoms with van der Waals surface area (Å²) in [5, 5.41) is 3.00. The van der Waals surface area contributed by atoms with E-state index in [4.69, 9.17) is 0 Å². The smallest absolute Gasteiger partial charge is 0.224 e. The van der Waals surface area contributed by atoms with Crippen molar-refractivity contribution in [2.75, 3.05) is 45.8 Å². The summed E-state index contributed by atoms with van der Waals surface area (Å²) in [6, 6.07) is 11.4. The molecule has 0 spiro atoms. The Kier molecular flexibility index (Phi) is 7.62. The number of amides is 2. The normalized spacial score (nSPS) is 25.0. The van der Waals surface area contributed by atoms with Crippen molar-refractivity contribution in [3.05, 3.63) is 35.9 Å². The third-order valence-corrected chi connectivity index (χ3v) is 7.22. The highest BCUT2D eigenvalue weighted by molar-refractivity contribution is 5.77. The van der Waals surface area contributed by atoms with E-state index in [-0.39, 0.29) is 5.91 Å². The number of hydrogen-bond donors (Lipinski definition) is 1. The second-order valence-corrected chi connectivity index (χ2v) is 9.62. The molecular weight excluding hydrogens is 388 g/mol. The molecule has 31 heavy (non-hydrogen) atoms. The van der Waals surface area contributed by atoms with Gasteiger partial charge in [0.05, 0.1) is 0 Å². The van der Waals surface area contributed by atoms with Gasteiger partial charge in [0.15, 0.2) is 0 Å². The van der Waals surface area contributed by atoms with E-state index in [1.807, 2.05) is 0 Å². The summed E-state index contributed by atoms with van der Waals surface area (Å²) in [5.41, 5.74) is 1.38. The second-order valence-electron chi connectivity index (χ2n) is 9.62. The van der Waals surface area contributed by atoms with Gasteiger partial charge in [0.25, 0.3) is 0 Å². The first-order valence-electron chi connectivity index (χ1n) is 12.1. The van der Waals surface area contributed by atoms with Crippen LogP contribution in [-0.4, -0.2) is 84.4 Å². The fraction of sp³-hybridized carbons (Fsp3) is 0.680. The molecule has 0 bridgehead atoms. The van der Waals surface area contributed by atoms with Crippen molar-refractivity contribution in [3.8, 4) is 0 Å². The SMILES string of the molecule is CC(=O)NC[C@@H]1CC[C@H](CC(=O)N2CCN(CCc3ccccc3)CC2)N1CC1CC1. The van der Waals surface area contributed by atoms with E-state index in [1.165, 1.54) is 18.4 Å². The van der Waals surface area contributed by atoms with Crippen molar-refractivity contribution in [1.82, 2.24) is 20.0 Å². The number of nitrogens with one attached hydrogen (secondary N) is 1. The van der Waals surface area contributed by atoms with Gasteiger partial charge in [0, 0.05) is 71.2 Å². The number of piperazine rings is 1. The fourth-order valence-electron chi connectivity index (χ4n) is 5.09. The minimum absolute atomic E-state index is 0.0380. The van der Waals surface area contributed by atoms with Gasteiger partial charge in [-0.3, -0.25) is 19.4 Å². The van der Waals surface area contributed by atoms with Crippen molar-refractivity contribution in [1.29, 1.82) is 0 Å². The van der Waals surface area contributed by atoms with E-state index in [1.54, 1.807) is 6.92 Å². The highest BCUT2D eigenvalue weighted by atomic mass is 16.2. The van der Waals surface area contributed by atoms with Crippen LogP contribution >= 0.6 is 0 Å². The van der Waals surface area contributed by atoms with Crippen LogP contribution in [0.15, 0.2) is 30.3 Å². The van der Waals surface area contributed by atoms with E-state index in [0.29, 0.717) is 31.0 Å². The largest absolute Gasteiger partial charge is 0.355 e. The lowest BCUT2D eigenvalue weighted by molar-refractivity contribution is -0.134. The van der Waals surface area contributed by atoms with Crippen LogP contribution in [0, 0.1) is 5.92 Å². The lowest BCUT2D eigenvalue weighted by Gasteiger charge is -2.36. The Morgan fingerprint density at radius 2 is 1.68 bits per heavy atom. The Balaban J connectivity index is 1.22. The maximum atomic E-state index is 13.1. The molecular formula is C25H38N4O2. The molecule has 2 heterocycles. The highest BCUT2D eigenvalue weighted by Crippen LogP contribution is 2.35. The summed E-state index contributed by atoms with van der Waals surface area (Å²) in [5.74, 6) is 1.15. The first-order valence-corrected chi connectivity index (χ1v) is 12.1. The maximum Gasteiger partial charge on any atom is 0.224 e. The van der Waals surface area contributed by atoms with Crippen LogP contribution in [0.4, 0.5) is 0 Å². The molecule has 3 fully saturated rings. The van der Waals surface area contributed by atoms with Crippen molar-refractivity contribution < 1.29 is 9.59 Å². The van der Waals surface area contributed by atoms with Gasteiger partial charge in [0.1, 0.15) is 0 Å². The Bertz CT molecular complexity index is 728. The van der Waals surface area contributed by atoms with Gasteiger partial charge in [-0.25, -0.2) is 0 Å². The zero-order valence-corrected chi connectivity index (χ0v) is 19.0. The van der Waals surface area contributed by atoms with E-state index < -0.39 is 0 Å². The molecule has 2 amide bonds. The average Bonchev–Trinajstić information content (AvgIpc) is 3.53. The number of benzene rings is 1. The minimum atomic E-state index is 0.0380. The lowest BCUT2D eigenvalue weighted by atomic mass is 10.1. The first-order chi connectivity index (χ1) is 15.1. The summed E-state index contributed by atoms with van der Waals surface area (Å²) < 4.78 is 0. The van der Waals surface area contributed by atoms with E-state index in [9.17, 15) is 9.59 Å². The summed E-state index contributed by atoms with van der Waals surface area (Å²) in [6.07, 6.45) is 6.48. The fourth-order valence-corrected chi connectivity index (χ4v) is 5.09. The summed E-state index contributed by atoms with van der Waals surface area (Å²) in [4.78, 5) is 31.5. The van der Waals surface area contributed by atoms with Gasteiger partial charge in [0.2, 0.25) is 11.8 Å². The van der Waals surface area contributed by atoms with Crippen molar-refractivity contribution in [2.45, 2.75) is 57.5 Å². The second kappa shape index (κ2) is 10.6. The summed E-state index contributed by atoms with van der Waals surface area (Å²) >= 11 is 0. The molecule has 6 heteroatoms. The van der Waals surface area contributed by atoms with Crippen LogP contribution in [-0.2, 0) is 16.0 Å². The molecule has 0 radical (unpaired) electrons. The molecule has 0 aromatic heterocycles. The monoisotopic (exact) mass is 426 g/mol. The Labute approximate surface area is 187 Å². The number of carbonyl (C=O) groups excluding carboxylic acids is 2. The third kappa shape index (κ3) is 6.53. The van der Waals surface area contributed by atoms with Crippen LogP contribution in [0.3, 0.4) is 0 Å². The van der Waals surface area contributed by atoms with Crippen LogP contribution in [0.2, 0.25) is 0 Å². The number of rotatable bonds is 9. The van der Waals surface area contributed by atoms with Gasteiger partial charge >= 0.3 is 0 Å². The Morgan fingerprint density at radius 3 is 2.35 bits per heavy atom. The zero-order chi connectivity index (χ0) is 21.6. The zero-order valence-electron chi connectivity index (χ0n) is 19.0. The van der Waals surface area contributed by atoms with Crippen molar-refractivity contribution >= 4 is 11.8 Å². The minimum Gasteiger partial charge on any atom is -0.355 e. The quantitative estimate of drug-likeness (QED) is 0.657. The molecule has 4 rings (SSSR count). The topological polar surface area (TPSA) is 55.9 Å². The molecule has 0 unspecified atom stereocenters. The Hall–Kier alpha value is -1.92. The van der Waals surface area contributed by atoms with Crippen LogP contribution < -0.4 is 5.32 Å². The third-order valence-electron chi connectivity index (χ3n) is 7.22. The standard InChI is InChI=1S/C25H38N4O2/c1-20(30)26-18-24-10-9-23(29(24)19-22-7-8-22)17-25(31)28-15-13-27(14-16-28)12-11-21-5-3-2-4-6-21/h2-6,22-24H,7-19H2,1H3,(H,26,30)/t23-,24+/m1/s1. The predicted octanol–water partition coefficient (Wildman–Crippen LogP) is 2.14. The molecule has 2 aliphatic heterocycles. The number of nitrogens with zero attached hydrogens (tertiary/aromatic N) is 3. The molecule has 1 saturated carbocycles. The molecule has 2 atom stereocenters. The molecule has 170 valence electrons. The first kappa shape index (κ1) is 22.3. The van der Waals surface area contributed by atoms with Gasteiger partial charge in [-0.05, 0) is 43.6 Å². The summed E-state index contributed by atoms with van der Waals surface area (Å²) in [7, 11) is 0. The van der Waals surface area contributed by atoms with Crippen molar-refractivity contribution in [2.24, 2.45) is 5.92 Å². The molecule has 1 aromatic rings. The van der Waals surface area contributed by atoms with Crippen LogP contribution in [0.1, 0.15) is 44.6 Å². The van der Waals surface area contributed by atoms with Crippen molar-refractivity contribution in [3.63, 3.8) is 0 Å². The van der Waals surface area contributed by atoms with E-state index in [0.717, 1.165) is 64.4 Å². The number of likely N-dealkylation sites (tertiary alicyclic amines) is 1. The lowest BCUT2D eigenvalue weighted by Crippen LogP contribution is -2.51. The van der Waals surface area contributed by atoms with Crippen LogP contribution in [0.5, 0.6) is 0 Å². The van der Waals surface area contributed by atoms with Crippen LogP contribution in [0.25, 0.3) is 0 Å². The Morgan fingerprint density at radius 1 is 0.968 bits per heavy atom. The average molecular weight is 427 g/mol.